The summed E-state index contributed by atoms with van der Waals surface area (Å²) in [4.78, 5) is 14.8. The Morgan fingerprint density at radius 1 is 1.24 bits per heavy atom. The molecule has 1 N–H and O–H groups in total. The summed E-state index contributed by atoms with van der Waals surface area (Å²) in [6.45, 7) is 4.51. The van der Waals surface area contributed by atoms with Crippen molar-refractivity contribution >= 4 is 21.6 Å². The number of carbonyl (C=O) groups is 1. The van der Waals surface area contributed by atoms with Gasteiger partial charge in [0.25, 0.3) is 0 Å². The van der Waals surface area contributed by atoms with Gasteiger partial charge in [0.05, 0.1) is 11.4 Å². The van der Waals surface area contributed by atoms with Gasteiger partial charge in [-0.2, -0.15) is 0 Å². The highest BCUT2D eigenvalue weighted by Gasteiger charge is 2.26. The lowest BCUT2D eigenvalue weighted by atomic mass is 9.93. The summed E-state index contributed by atoms with van der Waals surface area (Å²) < 4.78 is 39.7. The fourth-order valence-electron chi connectivity index (χ4n) is 3.59. The van der Waals surface area contributed by atoms with Crippen LogP contribution in [-0.2, 0) is 21.2 Å². The number of carbonyl (C=O) groups excluding carboxylic acids is 1. The van der Waals surface area contributed by atoms with E-state index in [0.29, 0.717) is 17.8 Å². The first kappa shape index (κ1) is 21.4. The molecule has 2 aromatic carbocycles. The van der Waals surface area contributed by atoms with Crippen LogP contribution in [0.2, 0.25) is 0 Å². The molecule has 0 aromatic heterocycles. The molecule has 1 amide bonds. The molecule has 1 atom stereocenters. The maximum absolute atomic E-state index is 13.6. The maximum atomic E-state index is 13.6. The van der Waals surface area contributed by atoms with E-state index in [-0.39, 0.29) is 29.2 Å². The second-order valence-corrected chi connectivity index (χ2v) is 9.68. The number of aryl methyl sites for hydroxylation is 1. The predicted octanol–water partition coefficient (Wildman–Crippen LogP) is 2.94. The van der Waals surface area contributed by atoms with Gasteiger partial charge < -0.3 is 5.32 Å². The van der Waals surface area contributed by atoms with Crippen molar-refractivity contribution in [3.63, 3.8) is 0 Å². The standard InChI is InChI=1S/C21H26FN3O3S/c1-14-5-8-18(12-20(14)29(27,28)24(3)4)23-21(26)13-25-10-9-16-6-7-17(22)11-19(16)15(25)2/h5-8,11-12,15H,9-10,13H2,1-4H3,(H,23,26). The largest absolute Gasteiger partial charge is 0.325 e. The Morgan fingerprint density at radius 2 is 1.97 bits per heavy atom. The highest BCUT2D eigenvalue weighted by Crippen LogP contribution is 2.30. The fraction of sp³-hybridized carbons (Fsp3) is 0.381. The van der Waals surface area contributed by atoms with Crippen LogP contribution in [0, 0.1) is 12.7 Å². The SMILES string of the molecule is Cc1ccc(NC(=O)CN2CCc3ccc(F)cc3C2C)cc1S(=O)(=O)N(C)C. The molecule has 0 fully saturated rings. The van der Waals surface area contributed by atoms with Gasteiger partial charge in [0.1, 0.15) is 5.82 Å². The van der Waals surface area contributed by atoms with Crippen molar-refractivity contribution in [3.8, 4) is 0 Å². The van der Waals surface area contributed by atoms with Crippen LogP contribution in [0.25, 0.3) is 0 Å². The molecular formula is C21H26FN3O3S. The molecule has 1 aliphatic rings. The van der Waals surface area contributed by atoms with Crippen LogP contribution in [0.5, 0.6) is 0 Å². The monoisotopic (exact) mass is 419 g/mol. The Kier molecular flexibility index (Phi) is 6.07. The molecule has 0 radical (unpaired) electrons. The van der Waals surface area contributed by atoms with Gasteiger partial charge in [0.15, 0.2) is 0 Å². The molecule has 0 spiro atoms. The Labute approximate surface area is 171 Å². The third kappa shape index (κ3) is 4.49. The smallest absolute Gasteiger partial charge is 0.242 e. The van der Waals surface area contributed by atoms with Gasteiger partial charge in [0.2, 0.25) is 15.9 Å². The number of hydrogen-bond acceptors (Lipinski definition) is 4. The molecule has 2 aromatic rings. The number of amides is 1. The summed E-state index contributed by atoms with van der Waals surface area (Å²) >= 11 is 0. The molecule has 0 saturated heterocycles. The third-order valence-electron chi connectivity index (χ3n) is 5.35. The Hall–Kier alpha value is -2.29. The number of rotatable bonds is 5. The quantitative estimate of drug-likeness (QED) is 0.809. The maximum Gasteiger partial charge on any atom is 0.242 e. The fourth-order valence-corrected chi connectivity index (χ4v) is 4.73. The molecule has 1 aliphatic heterocycles. The first-order valence-corrected chi connectivity index (χ1v) is 10.9. The van der Waals surface area contributed by atoms with Gasteiger partial charge in [-0.3, -0.25) is 9.69 Å². The predicted molar refractivity (Wildman–Crippen MR) is 111 cm³/mol. The average molecular weight is 420 g/mol. The molecule has 8 heteroatoms. The van der Waals surface area contributed by atoms with Crippen molar-refractivity contribution in [1.82, 2.24) is 9.21 Å². The zero-order chi connectivity index (χ0) is 21.3. The van der Waals surface area contributed by atoms with Gasteiger partial charge >= 0.3 is 0 Å². The van der Waals surface area contributed by atoms with Crippen molar-refractivity contribution in [1.29, 1.82) is 0 Å². The molecule has 6 nitrogen and oxygen atoms in total. The zero-order valence-electron chi connectivity index (χ0n) is 17.1. The molecule has 29 heavy (non-hydrogen) atoms. The van der Waals surface area contributed by atoms with Gasteiger partial charge in [-0.1, -0.05) is 12.1 Å². The molecule has 1 unspecified atom stereocenters. The van der Waals surface area contributed by atoms with Crippen LogP contribution in [0.1, 0.15) is 29.7 Å². The number of anilines is 1. The molecule has 0 bridgehead atoms. The highest BCUT2D eigenvalue weighted by atomic mass is 32.2. The lowest BCUT2D eigenvalue weighted by Crippen LogP contribution is -2.39. The minimum absolute atomic E-state index is 0.0807. The van der Waals surface area contributed by atoms with Gasteiger partial charge in [-0.15, -0.1) is 0 Å². The summed E-state index contributed by atoms with van der Waals surface area (Å²) in [5.74, 6) is -0.523. The number of hydrogen-bond donors (Lipinski definition) is 1. The third-order valence-corrected chi connectivity index (χ3v) is 7.31. The summed E-state index contributed by atoms with van der Waals surface area (Å²) in [5, 5.41) is 2.79. The van der Waals surface area contributed by atoms with E-state index in [2.05, 4.69) is 5.32 Å². The van der Waals surface area contributed by atoms with E-state index < -0.39 is 10.0 Å². The van der Waals surface area contributed by atoms with Gasteiger partial charge in [0, 0.05) is 32.4 Å². The normalized spacial score (nSPS) is 17.2. The lowest BCUT2D eigenvalue weighted by molar-refractivity contribution is -0.117. The Morgan fingerprint density at radius 3 is 2.66 bits per heavy atom. The van der Waals surface area contributed by atoms with Crippen LogP contribution < -0.4 is 5.32 Å². The van der Waals surface area contributed by atoms with E-state index in [9.17, 15) is 17.6 Å². The molecule has 156 valence electrons. The summed E-state index contributed by atoms with van der Waals surface area (Å²) in [6.07, 6.45) is 0.753. The zero-order valence-corrected chi connectivity index (χ0v) is 17.9. The molecule has 3 rings (SSSR count). The summed E-state index contributed by atoms with van der Waals surface area (Å²) in [6, 6.07) is 9.56. The molecule has 1 heterocycles. The number of sulfonamides is 1. The number of nitrogens with zero attached hydrogens (tertiary/aromatic N) is 2. The van der Waals surface area contributed by atoms with Crippen molar-refractivity contribution in [2.75, 3.05) is 32.5 Å². The average Bonchev–Trinajstić information content (AvgIpc) is 2.65. The highest BCUT2D eigenvalue weighted by molar-refractivity contribution is 7.89. The first-order valence-electron chi connectivity index (χ1n) is 9.45. The molecular weight excluding hydrogens is 393 g/mol. The number of nitrogens with one attached hydrogen (secondary N) is 1. The van der Waals surface area contributed by atoms with Gasteiger partial charge in [-0.25, -0.2) is 17.1 Å². The van der Waals surface area contributed by atoms with E-state index in [1.54, 1.807) is 25.1 Å². The number of benzene rings is 2. The van der Waals surface area contributed by atoms with Crippen LogP contribution in [-0.4, -0.2) is 50.7 Å². The second kappa shape index (κ2) is 8.22. The summed E-state index contributed by atoms with van der Waals surface area (Å²) in [7, 11) is -0.662. The van der Waals surface area contributed by atoms with Crippen molar-refractivity contribution in [3.05, 3.63) is 58.9 Å². The van der Waals surface area contributed by atoms with E-state index in [0.717, 1.165) is 21.9 Å². The topological polar surface area (TPSA) is 69.7 Å². The second-order valence-electron chi connectivity index (χ2n) is 7.56. The van der Waals surface area contributed by atoms with Crippen molar-refractivity contribution in [2.45, 2.75) is 31.2 Å². The molecule has 0 saturated carbocycles. The van der Waals surface area contributed by atoms with Crippen molar-refractivity contribution < 1.29 is 17.6 Å². The number of halogens is 1. The summed E-state index contributed by atoms with van der Waals surface area (Å²) in [5.41, 5.74) is 3.04. The minimum atomic E-state index is -3.60. The van der Waals surface area contributed by atoms with Crippen LogP contribution in [0.15, 0.2) is 41.3 Å². The van der Waals surface area contributed by atoms with E-state index >= 15 is 0 Å². The van der Waals surface area contributed by atoms with Crippen LogP contribution in [0.3, 0.4) is 0 Å². The van der Waals surface area contributed by atoms with E-state index in [1.165, 1.54) is 32.3 Å². The van der Waals surface area contributed by atoms with Gasteiger partial charge in [-0.05, 0) is 61.2 Å². The van der Waals surface area contributed by atoms with E-state index in [4.69, 9.17) is 0 Å². The Balaban J connectivity index is 1.73. The lowest BCUT2D eigenvalue weighted by Gasteiger charge is -2.34. The number of fused-ring (bicyclic) bond motifs is 1. The van der Waals surface area contributed by atoms with Crippen LogP contribution >= 0.6 is 0 Å². The Bertz CT molecular complexity index is 1040. The minimum Gasteiger partial charge on any atom is -0.325 e. The molecule has 0 aliphatic carbocycles. The van der Waals surface area contributed by atoms with Crippen molar-refractivity contribution in [2.24, 2.45) is 0 Å². The first-order chi connectivity index (χ1) is 13.6. The van der Waals surface area contributed by atoms with E-state index in [1.807, 2.05) is 11.8 Å². The van der Waals surface area contributed by atoms with Crippen LogP contribution in [0.4, 0.5) is 10.1 Å².